The molecule has 0 spiro atoms. The second-order valence-electron chi connectivity index (χ2n) is 13.6. The Kier molecular flexibility index (Phi) is 140. The minimum absolute atomic E-state index is 0. The van der Waals surface area contributed by atoms with Crippen LogP contribution in [0.25, 0.3) is 0 Å². The average Bonchev–Trinajstić information content (AvgIpc) is 3.19. The summed E-state index contributed by atoms with van der Waals surface area (Å²) in [4.78, 5) is 0. The molecule has 0 radical (unpaired) electrons. The Morgan fingerprint density at radius 3 is 0.767 bits per heavy atom. The highest BCUT2D eigenvalue weighted by molar-refractivity contribution is 7.19. The van der Waals surface area contributed by atoms with Crippen LogP contribution in [-0.2, 0) is 0 Å². The molecule has 0 saturated carbocycles. The monoisotopic (exact) mass is 1030 g/mol. The Hall–Kier alpha value is 1.77. The molecule has 13 heteroatoms. The molecule has 0 fully saturated rings. The van der Waals surface area contributed by atoms with Crippen molar-refractivity contribution in [1.82, 2.24) is 0 Å². The molecule has 0 aliphatic heterocycles. The zero-order valence-electron chi connectivity index (χ0n) is 39.2. The number of hydrogen-bond donors (Lipinski definition) is 0. The summed E-state index contributed by atoms with van der Waals surface area (Å²) in [6.45, 7) is 29.5. The summed E-state index contributed by atoms with van der Waals surface area (Å²) >= 11 is 0. The third kappa shape index (κ3) is 124. The van der Waals surface area contributed by atoms with Gasteiger partial charge in [0, 0.05) is 0 Å². The topological polar surface area (TPSA) is 0 Å². The van der Waals surface area contributed by atoms with Gasteiger partial charge in [0.25, 0.3) is 0 Å². The second-order valence-corrected chi connectivity index (χ2v) is 20.3. The van der Waals surface area contributed by atoms with Crippen molar-refractivity contribution in [2.45, 2.75) is 178 Å². The lowest BCUT2D eigenvalue weighted by Crippen LogP contribution is -2.08. The van der Waals surface area contributed by atoms with E-state index in [2.05, 4.69) is 143 Å². The number of unbranched alkanes of at least 4 members (excludes halogenated alkanes) is 7. The Labute approximate surface area is 397 Å². The Morgan fingerprint density at radius 1 is 0.333 bits per heavy atom. The SMILES string of the molecule is C=CCC=C.C=CCC=C.C=CCCC(P)CC(P)CCC=C.C=CCCP.CCCCCCCCCC.F.F.F.F.PCCCC(P)CC(P)CCCP.PCCCP. The minimum Gasteiger partial charge on any atom is -0.269 e. The Balaban J connectivity index is -0.0000000534. The minimum atomic E-state index is 0. The summed E-state index contributed by atoms with van der Waals surface area (Å²) in [7, 11) is 25.4. The van der Waals surface area contributed by atoms with E-state index in [0.717, 1.165) is 60.9 Å². The molecule has 13 atom stereocenters. The first-order valence-electron chi connectivity index (χ1n) is 21.8. The quantitative estimate of drug-likeness (QED) is 0.0281. The van der Waals surface area contributed by atoms with E-state index in [1.54, 1.807) is 0 Å². The highest BCUT2D eigenvalue weighted by atomic mass is 31.0. The van der Waals surface area contributed by atoms with E-state index >= 15 is 0 Å². The predicted octanol–water partition coefficient (Wildman–Crippen LogP) is 17.8. The molecular formula is C47H107F4P9. The van der Waals surface area contributed by atoms with E-state index in [1.165, 1.54) is 134 Å². The molecule has 0 aliphatic rings. The maximum Gasteiger partial charge on any atom is -0.0175 e. The molecule has 0 aliphatic carbocycles. The van der Waals surface area contributed by atoms with Gasteiger partial charge in [0.1, 0.15) is 0 Å². The molecule has 0 saturated heterocycles. The first-order chi connectivity index (χ1) is 27.0. The van der Waals surface area contributed by atoms with Gasteiger partial charge in [-0.3, -0.25) is 18.8 Å². The molecule has 13 unspecified atom stereocenters. The van der Waals surface area contributed by atoms with Crippen LogP contribution in [-0.4, -0.2) is 53.4 Å². The summed E-state index contributed by atoms with van der Waals surface area (Å²) < 4.78 is 0. The maximum atomic E-state index is 3.73. The molecule has 0 nitrogen and oxygen atoms in total. The van der Waals surface area contributed by atoms with Crippen LogP contribution in [0, 0.1) is 0 Å². The number of hydrogen-bond acceptors (Lipinski definition) is 0. The van der Waals surface area contributed by atoms with Gasteiger partial charge in [-0.1, -0.05) is 108 Å². The van der Waals surface area contributed by atoms with E-state index in [-0.39, 0.29) is 18.8 Å². The van der Waals surface area contributed by atoms with Crippen LogP contribution in [0.4, 0.5) is 18.8 Å². The van der Waals surface area contributed by atoms with Crippen LogP contribution < -0.4 is 0 Å². The molecule has 0 heterocycles. The summed E-state index contributed by atoms with van der Waals surface area (Å²) in [6.07, 6.45) is 47.8. The van der Waals surface area contributed by atoms with Crippen LogP contribution in [0.1, 0.15) is 155 Å². The first-order valence-corrected chi connectivity index (χ1v) is 28.5. The van der Waals surface area contributed by atoms with Gasteiger partial charge < -0.3 is 0 Å². The van der Waals surface area contributed by atoms with Gasteiger partial charge in [0.2, 0.25) is 0 Å². The van der Waals surface area contributed by atoms with Crippen LogP contribution in [0.2, 0.25) is 0 Å². The van der Waals surface area contributed by atoms with Crippen molar-refractivity contribution in [3.8, 4) is 0 Å². The molecule has 0 amide bonds. The van der Waals surface area contributed by atoms with Crippen molar-refractivity contribution >= 4 is 83.2 Å². The summed E-state index contributed by atoms with van der Waals surface area (Å²) in [5.74, 6) is 0. The maximum absolute atomic E-state index is 3.73. The van der Waals surface area contributed by atoms with E-state index in [4.69, 9.17) is 0 Å². The molecular weight excluding hydrogens is 919 g/mol. The van der Waals surface area contributed by atoms with Crippen LogP contribution in [0.3, 0.4) is 0 Å². The highest BCUT2D eigenvalue weighted by Crippen LogP contribution is 2.23. The fourth-order valence-electron chi connectivity index (χ4n) is 4.35. The summed E-state index contributed by atoms with van der Waals surface area (Å²) in [6, 6.07) is 0. The van der Waals surface area contributed by atoms with Crippen LogP contribution >= 0.6 is 83.2 Å². The van der Waals surface area contributed by atoms with Crippen molar-refractivity contribution in [3.63, 3.8) is 0 Å². The second kappa shape index (κ2) is 95.1. The first kappa shape index (κ1) is 88.5. The molecule has 0 aromatic rings. The van der Waals surface area contributed by atoms with Crippen molar-refractivity contribution in [1.29, 1.82) is 0 Å². The lowest BCUT2D eigenvalue weighted by Gasteiger charge is -2.16. The molecule has 0 N–H and O–H groups in total. The van der Waals surface area contributed by atoms with Gasteiger partial charge in [-0.05, 0) is 143 Å². The third-order valence-corrected chi connectivity index (χ3v) is 12.0. The lowest BCUT2D eigenvalue weighted by molar-refractivity contribution is 0.585. The van der Waals surface area contributed by atoms with Gasteiger partial charge in [-0.15, -0.1) is 129 Å². The molecule has 0 aromatic heterocycles. The van der Waals surface area contributed by atoms with Gasteiger partial charge in [0.15, 0.2) is 0 Å². The molecule has 368 valence electrons. The zero-order valence-corrected chi connectivity index (χ0v) is 49.6. The lowest BCUT2D eigenvalue weighted by atomic mass is 10.1. The predicted molar refractivity (Wildman–Crippen MR) is 321 cm³/mol. The van der Waals surface area contributed by atoms with Crippen molar-refractivity contribution < 1.29 is 18.8 Å². The van der Waals surface area contributed by atoms with Gasteiger partial charge in [0.05, 0.1) is 0 Å². The average molecular weight is 1030 g/mol. The van der Waals surface area contributed by atoms with Gasteiger partial charge >= 0.3 is 0 Å². The molecule has 0 rings (SSSR count). The molecule has 0 bridgehead atoms. The smallest absolute Gasteiger partial charge is 0.0175 e. The Morgan fingerprint density at radius 2 is 0.600 bits per heavy atom. The van der Waals surface area contributed by atoms with Crippen molar-refractivity contribution in [2.24, 2.45) is 0 Å². The van der Waals surface area contributed by atoms with Gasteiger partial charge in [-0.25, -0.2) is 0 Å². The van der Waals surface area contributed by atoms with E-state index in [1.807, 2.05) is 42.5 Å². The summed E-state index contributed by atoms with van der Waals surface area (Å²) in [5.41, 5.74) is 3.13. The van der Waals surface area contributed by atoms with Crippen molar-refractivity contribution in [3.05, 3.63) is 88.6 Å². The van der Waals surface area contributed by atoms with Gasteiger partial charge in [-0.2, -0.15) is 0 Å². The largest absolute Gasteiger partial charge is 0.269 e. The van der Waals surface area contributed by atoms with E-state index in [9.17, 15) is 0 Å². The van der Waals surface area contributed by atoms with Crippen LogP contribution in [0.15, 0.2) is 88.6 Å². The third-order valence-electron chi connectivity index (χ3n) is 7.66. The fourth-order valence-corrected chi connectivity index (χ4v) is 8.88. The summed E-state index contributed by atoms with van der Waals surface area (Å²) in [5, 5.41) is 0. The Bertz CT molecular complexity index is 688. The number of allylic oxidation sites excluding steroid dienone is 7. The molecule has 60 heavy (non-hydrogen) atoms. The standard InChI is InChI=1S/C11H22P2.C10H22.C9H24P4.2C5H8.C4H9P.C3H10P2.4FH/c1-3-5-7-10(12)9-11(13)8-6-4-2;1-3-5-7-9-10-8-6-4-2;10-5-1-3-8(12)7-9(13)4-2-6-11;2*1-3-5-4-2;1-2-3-4-5;4-2-1-3-5;;;;/h3-4,10-11H,1-2,5-9,12-13H2;3-10H2,1-2H3;8-9H,1-7,10-13H2;2*3-4H,1-2,5H2;2H,1,3-5H2;1-5H2;4*1H. The normalized spacial score (nSPS) is 10.7. The van der Waals surface area contributed by atoms with Crippen LogP contribution in [0.5, 0.6) is 0 Å². The zero-order chi connectivity index (χ0) is 44.4. The molecule has 0 aromatic carbocycles. The van der Waals surface area contributed by atoms with E-state index < -0.39 is 0 Å². The highest BCUT2D eigenvalue weighted by Gasteiger charge is 2.08. The number of rotatable bonds is 31. The van der Waals surface area contributed by atoms with Crippen molar-refractivity contribution in [2.75, 3.05) is 30.8 Å². The van der Waals surface area contributed by atoms with E-state index in [0.29, 0.717) is 0 Å². The fraction of sp³-hybridized carbons (Fsp3) is 0.702. The number of halogens is 4.